The Hall–Kier alpha value is -2.49. The van der Waals surface area contributed by atoms with Crippen LogP contribution in [0, 0.1) is 6.92 Å². The molecule has 140 valence electrons. The predicted molar refractivity (Wildman–Crippen MR) is 105 cm³/mol. The van der Waals surface area contributed by atoms with Crippen LogP contribution in [-0.2, 0) is 13.1 Å². The van der Waals surface area contributed by atoms with Gasteiger partial charge in [0.25, 0.3) is 5.91 Å². The van der Waals surface area contributed by atoms with Crippen molar-refractivity contribution in [3.8, 4) is 11.5 Å². The van der Waals surface area contributed by atoms with Crippen molar-refractivity contribution in [3.05, 3.63) is 58.1 Å². The minimum atomic E-state index is -0.0670. The molecule has 2 aromatic carbocycles. The molecule has 0 aromatic heterocycles. The lowest BCUT2D eigenvalue weighted by molar-refractivity contribution is 0.0748. The number of methoxy groups -OCH3 is 1. The zero-order valence-electron chi connectivity index (χ0n) is 16.6. The topological polar surface area (TPSA) is 49.8 Å². The third-order valence-corrected chi connectivity index (χ3v) is 4.57. The highest BCUT2D eigenvalue weighted by Gasteiger charge is 2.27. The Morgan fingerprint density at radius 3 is 2.38 bits per heavy atom. The van der Waals surface area contributed by atoms with Crippen molar-refractivity contribution in [1.82, 2.24) is 4.90 Å². The van der Waals surface area contributed by atoms with Gasteiger partial charge < -0.3 is 14.7 Å². The number of aromatic hydroxyl groups is 1. The van der Waals surface area contributed by atoms with E-state index in [9.17, 15) is 9.90 Å². The maximum atomic E-state index is 13.0. The summed E-state index contributed by atoms with van der Waals surface area (Å²) in [7, 11) is 1.52. The molecular weight excluding hydrogens is 326 g/mol. The van der Waals surface area contributed by atoms with Crippen molar-refractivity contribution in [1.29, 1.82) is 0 Å². The van der Waals surface area contributed by atoms with E-state index in [1.807, 2.05) is 32.6 Å². The van der Waals surface area contributed by atoms with Crippen molar-refractivity contribution in [2.75, 3.05) is 7.11 Å². The van der Waals surface area contributed by atoms with Gasteiger partial charge in [0, 0.05) is 19.2 Å². The molecule has 0 saturated carbocycles. The first kappa shape index (κ1) is 19.8. The third-order valence-electron chi connectivity index (χ3n) is 4.57. The number of amides is 1. The minimum absolute atomic E-state index is 0.0670. The molecule has 4 nitrogen and oxygen atoms in total. The zero-order chi connectivity index (χ0) is 19.4. The van der Waals surface area contributed by atoms with Crippen molar-refractivity contribution in [2.24, 2.45) is 0 Å². The SMILES string of the molecule is CC.COc1cc(O)c(C(C)C)cc1C(=O)N1Cc2ccc(C)cc2C1. The molecular formula is C22H29NO3. The van der Waals surface area contributed by atoms with Crippen molar-refractivity contribution < 1.29 is 14.6 Å². The van der Waals surface area contributed by atoms with E-state index in [0.29, 0.717) is 24.4 Å². The van der Waals surface area contributed by atoms with Gasteiger partial charge in [0.15, 0.2) is 0 Å². The van der Waals surface area contributed by atoms with Gasteiger partial charge in [0.2, 0.25) is 0 Å². The minimum Gasteiger partial charge on any atom is -0.508 e. The molecule has 4 heteroatoms. The first-order valence-corrected chi connectivity index (χ1v) is 9.19. The molecule has 0 spiro atoms. The Morgan fingerprint density at radius 2 is 1.77 bits per heavy atom. The number of nitrogens with zero attached hydrogens (tertiary/aromatic N) is 1. The van der Waals surface area contributed by atoms with Crippen LogP contribution in [0.15, 0.2) is 30.3 Å². The van der Waals surface area contributed by atoms with E-state index in [-0.39, 0.29) is 17.6 Å². The number of hydrogen-bond acceptors (Lipinski definition) is 3. The van der Waals surface area contributed by atoms with Crippen molar-refractivity contribution in [3.63, 3.8) is 0 Å². The summed E-state index contributed by atoms with van der Waals surface area (Å²) >= 11 is 0. The highest BCUT2D eigenvalue weighted by Crippen LogP contribution is 2.35. The van der Waals surface area contributed by atoms with Gasteiger partial charge in [-0.05, 0) is 35.6 Å². The van der Waals surface area contributed by atoms with Crippen LogP contribution in [0.3, 0.4) is 0 Å². The van der Waals surface area contributed by atoms with Crippen LogP contribution in [0.2, 0.25) is 0 Å². The molecule has 0 unspecified atom stereocenters. The van der Waals surface area contributed by atoms with Gasteiger partial charge in [0.1, 0.15) is 11.5 Å². The van der Waals surface area contributed by atoms with Crippen LogP contribution in [0.25, 0.3) is 0 Å². The van der Waals surface area contributed by atoms with E-state index in [2.05, 4.69) is 25.1 Å². The standard InChI is InChI=1S/C20H23NO3.C2H6/c1-12(2)16-8-17(19(24-4)9-18(16)22)20(23)21-10-14-6-5-13(3)7-15(14)11-21;1-2/h5-9,12,22H,10-11H2,1-4H3;1-2H3. The average molecular weight is 355 g/mol. The highest BCUT2D eigenvalue weighted by molar-refractivity contribution is 5.97. The van der Waals surface area contributed by atoms with E-state index in [0.717, 1.165) is 5.56 Å². The van der Waals surface area contributed by atoms with E-state index >= 15 is 0 Å². The Labute approximate surface area is 156 Å². The van der Waals surface area contributed by atoms with E-state index in [1.54, 1.807) is 6.07 Å². The summed E-state index contributed by atoms with van der Waals surface area (Å²) in [5, 5.41) is 10.1. The van der Waals surface area contributed by atoms with Gasteiger partial charge in [-0.15, -0.1) is 0 Å². The van der Waals surface area contributed by atoms with Crippen molar-refractivity contribution in [2.45, 2.75) is 53.6 Å². The number of carbonyl (C=O) groups is 1. The van der Waals surface area contributed by atoms with Crippen LogP contribution in [0.5, 0.6) is 11.5 Å². The number of fused-ring (bicyclic) bond motifs is 1. The Balaban J connectivity index is 0.00000117. The summed E-state index contributed by atoms with van der Waals surface area (Å²) in [6.45, 7) is 11.3. The number of phenolic OH excluding ortho intramolecular Hbond substituents is 1. The second-order valence-corrected chi connectivity index (χ2v) is 6.70. The average Bonchev–Trinajstić information content (AvgIpc) is 3.05. The molecule has 1 aliphatic rings. The second kappa shape index (κ2) is 8.26. The highest BCUT2D eigenvalue weighted by atomic mass is 16.5. The quantitative estimate of drug-likeness (QED) is 0.841. The van der Waals surface area contributed by atoms with Crippen LogP contribution < -0.4 is 4.74 Å². The summed E-state index contributed by atoms with van der Waals surface area (Å²) in [5.41, 5.74) is 4.85. The largest absolute Gasteiger partial charge is 0.508 e. The molecule has 0 bridgehead atoms. The monoisotopic (exact) mass is 355 g/mol. The molecule has 1 aliphatic heterocycles. The number of benzene rings is 2. The van der Waals surface area contributed by atoms with Gasteiger partial charge in [-0.1, -0.05) is 51.5 Å². The van der Waals surface area contributed by atoms with Gasteiger partial charge in [-0.3, -0.25) is 4.79 Å². The smallest absolute Gasteiger partial charge is 0.258 e. The molecule has 1 N–H and O–H groups in total. The van der Waals surface area contributed by atoms with Crippen LogP contribution in [-0.4, -0.2) is 23.0 Å². The lowest BCUT2D eigenvalue weighted by Crippen LogP contribution is -2.26. The molecule has 3 rings (SSSR count). The Bertz CT molecular complexity index is 796. The van der Waals surface area contributed by atoms with Crippen molar-refractivity contribution >= 4 is 5.91 Å². The van der Waals surface area contributed by atoms with Crippen LogP contribution >= 0.6 is 0 Å². The predicted octanol–water partition coefficient (Wildman–Crippen LogP) is 5.01. The van der Waals surface area contributed by atoms with Gasteiger partial charge in [0.05, 0.1) is 12.7 Å². The molecule has 0 aliphatic carbocycles. The normalized spacial score (nSPS) is 12.5. The summed E-state index contributed by atoms with van der Waals surface area (Å²) in [6.07, 6.45) is 0. The number of rotatable bonds is 3. The second-order valence-electron chi connectivity index (χ2n) is 6.70. The molecule has 0 radical (unpaired) electrons. The maximum Gasteiger partial charge on any atom is 0.258 e. The van der Waals surface area contributed by atoms with Crippen LogP contribution in [0.1, 0.15) is 66.2 Å². The molecule has 26 heavy (non-hydrogen) atoms. The molecule has 1 heterocycles. The lowest BCUT2D eigenvalue weighted by Gasteiger charge is -2.19. The first-order valence-electron chi connectivity index (χ1n) is 9.19. The fourth-order valence-electron chi connectivity index (χ4n) is 3.22. The summed E-state index contributed by atoms with van der Waals surface area (Å²) in [6, 6.07) is 9.60. The van der Waals surface area contributed by atoms with E-state index in [1.165, 1.54) is 29.9 Å². The number of phenols is 1. The Kier molecular flexibility index (Phi) is 6.30. The molecule has 2 aromatic rings. The number of carbonyl (C=O) groups excluding carboxylic acids is 1. The molecule has 1 amide bonds. The maximum absolute atomic E-state index is 13.0. The fourth-order valence-corrected chi connectivity index (χ4v) is 3.22. The van der Waals surface area contributed by atoms with E-state index < -0.39 is 0 Å². The number of aryl methyl sites for hydroxylation is 1. The van der Waals surface area contributed by atoms with E-state index in [4.69, 9.17) is 4.74 Å². The van der Waals surface area contributed by atoms with Gasteiger partial charge in [-0.2, -0.15) is 0 Å². The zero-order valence-corrected chi connectivity index (χ0v) is 16.6. The van der Waals surface area contributed by atoms with Gasteiger partial charge in [-0.25, -0.2) is 0 Å². The number of ether oxygens (including phenoxy) is 1. The molecule has 0 atom stereocenters. The third kappa shape index (κ3) is 3.85. The summed E-state index contributed by atoms with van der Waals surface area (Å²) in [4.78, 5) is 14.9. The fraction of sp³-hybridized carbons (Fsp3) is 0.409. The molecule has 0 saturated heterocycles. The number of hydrogen-bond donors (Lipinski definition) is 1. The van der Waals surface area contributed by atoms with Crippen LogP contribution in [0.4, 0.5) is 0 Å². The van der Waals surface area contributed by atoms with Gasteiger partial charge >= 0.3 is 0 Å². The Morgan fingerprint density at radius 1 is 1.12 bits per heavy atom. The summed E-state index contributed by atoms with van der Waals surface area (Å²) < 4.78 is 5.33. The molecule has 0 fully saturated rings. The first-order chi connectivity index (χ1) is 12.4. The lowest BCUT2D eigenvalue weighted by atomic mass is 9.98. The summed E-state index contributed by atoms with van der Waals surface area (Å²) in [5.74, 6) is 0.635.